The normalized spacial score (nSPS) is 14.7. The lowest BCUT2D eigenvalue weighted by atomic mass is 10.00. The fraction of sp³-hybridized carbons (Fsp3) is 0. The van der Waals surface area contributed by atoms with Crippen LogP contribution in [0.15, 0.2) is 157 Å². The molecule has 10 rings (SSSR count). The Balaban J connectivity index is 1.32. The second kappa shape index (κ2) is 10.7. The molecule has 4 nitrogen and oxygen atoms in total. The Labute approximate surface area is 294 Å². The topological polar surface area (TPSA) is 43.6 Å². The van der Waals surface area contributed by atoms with Crippen LogP contribution in [0, 0.1) is 0 Å². The molecular formula is C43H26N4S. The maximum absolute atomic E-state index is 8.88. The Hall–Kier alpha value is -6.17. The maximum Gasteiger partial charge on any atom is 0.238 e. The summed E-state index contributed by atoms with van der Waals surface area (Å²) in [5.74, 6) is 0.141. The molecule has 0 saturated heterocycles. The van der Waals surface area contributed by atoms with Crippen molar-refractivity contribution >= 4 is 64.1 Å². The summed E-state index contributed by atoms with van der Waals surface area (Å²) in [7, 11) is 0. The minimum absolute atomic E-state index is 0.0400. The van der Waals surface area contributed by atoms with E-state index < -0.39 is 48.3 Å². The molecule has 0 N–H and O–H groups in total. The van der Waals surface area contributed by atoms with Crippen LogP contribution in [0.5, 0.6) is 0 Å². The lowest BCUT2D eigenvalue weighted by Crippen LogP contribution is -2.06. The van der Waals surface area contributed by atoms with Crippen molar-refractivity contribution in [2.24, 2.45) is 0 Å². The van der Waals surface area contributed by atoms with E-state index in [1.807, 2.05) is 47.0 Å². The lowest BCUT2D eigenvalue weighted by Gasteiger charge is -2.12. The SMILES string of the molecule is [2H]c1c([2H])c([2H])c(-c2ccc(-c3nc(-c4c([2H])c([2H])c([2H])c([2H])c4[2H])nc(-n4c5ccccc5c5c6ccccc6c6sc7ccccc7c6c54)n3)cc2)c([2H])c1[2H]. The highest BCUT2D eigenvalue weighted by Gasteiger charge is 2.23. The van der Waals surface area contributed by atoms with E-state index in [9.17, 15) is 0 Å². The van der Waals surface area contributed by atoms with Crippen molar-refractivity contribution in [2.75, 3.05) is 0 Å². The molecule has 0 aliphatic carbocycles. The number of benzene rings is 7. The van der Waals surface area contributed by atoms with E-state index >= 15 is 0 Å². The van der Waals surface area contributed by atoms with E-state index in [0.717, 1.165) is 52.8 Å². The fourth-order valence-electron chi connectivity index (χ4n) is 6.57. The monoisotopic (exact) mass is 640 g/mol. The number of para-hydroxylation sites is 1. The van der Waals surface area contributed by atoms with Crippen molar-refractivity contribution in [3.8, 4) is 39.9 Å². The summed E-state index contributed by atoms with van der Waals surface area (Å²) in [5.41, 5.74) is 2.30. The Morgan fingerprint density at radius 3 is 1.81 bits per heavy atom. The van der Waals surface area contributed by atoms with Crippen LogP contribution >= 0.6 is 11.3 Å². The molecular weight excluding hydrogens is 605 g/mol. The largest absolute Gasteiger partial charge is 0.277 e. The summed E-state index contributed by atoms with van der Waals surface area (Å²) >= 11 is 1.70. The molecule has 5 heteroatoms. The quantitative estimate of drug-likeness (QED) is 0.192. The number of thiophene rings is 1. The first-order chi connectivity index (χ1) is 28.0. The summed E-state index contributed by atoms with van der Waals surface area (Å²) in [6, 6.07) is 26.4. The lowest BCUT2D eigenvalue weighted by molar-refractivity contribution is 0.955. The molecule has 0 unspecified atom stereocenters. The van der Waals surface area contributed by atoms with E-state index in [1.165, 1.54) is 0 Å². The van der Waals surface area contributed by atoms with Gasteiger partial charge in [0.2, 0.25) is 5.95 Å². The average molecular weight is 641 g/mol. The second-order valence-electron chi connectivity index (χ2n) is 11.3. The van der Waals surface area contributed by atoms with E-state index in [2.05, 4.69) is 30.3 Å². The zero-order chi connectivity index (χ0) is 40.3. The smallest absolute Gasteiger partial charge is 0.238 e. The Kier molecular flexibility index (Phi) is 4.20. The highest BCUT2D eigenvalue weighted by Crippen LogP contribution is 2.47. The van der Waals surface area contributed by atoms with Crippen LogP contribution < -0.4 is 0 Å². The zero-order valence-corrected chi connectivity index (χ0v) is 25.8. The van der Waals surface area contributed by atoms with E-state index in [-0.39, 0.29) is 40.8 Å². The van der Waals surface area contributed by atoms with Crippen LogP contribution in [-0.4, -0.2) is 19.5 Å². The Bertz CT molecular complexity index is 3360. The van der Waals surface area contributed by atoms with Crippen molar-refractivity contribution in [2.45, 2.75) is 0 Å². The molecule has 10 aromatic rings. The van der Waals surface area contributed by atoms with Crippen LogP contribution in [0.25, 0.3) is 92.6 Å². The number of fused-ring (bicyclic) bond motifs is 10. The summed E-state index contributed by atoms with van der Waals surface area (Å²) in [6.07, 6.45) is 0. The third kappa shape index (κ3) is 4.11. The van der Waals surface area contributed by atoms with Crippen molar-refractivity contribution in [1.82, 2.24) is 19.5 Å². The van der Waals surface area contributed by atoms with Gasteiger partial charge in [-0.1, -0.05) is 145 Å². The molecule has 0 saturated carbocycles. The first-order valence-corrected chi connectivity index (χ1v) is 16.0. The predicted octanol–water partition coefficient (Wildman–Crippen LogP) is 11.5. The molecule has 0 amide bonds. The number of rotatable bonds is 4. The molecule has 0 bridgehead atoms. The first-order valence-electron chi connectivity index (χ1n) is 20.2. The number of aromatic nitrogens is 4. The van der Waals surface area contributed by atoms with Gasteiger partial charge in [-0.2, -0.15) is 9.97 Å². The molecule has 48 heavy (non-hydrogen) atoms. The highest BCUT2D eigenvalue weighted by atomic mass is 32.1. The summed E-state index contributed by atoms with van der Waals surface area (Å²) in [5, 5.41) is 6.11. The van der Waals surface area contributed by atoms with Crippen molar-refractivity contribution in [3.63, 3.8) is 0 Å². The Morgan fingerprint density at radius 1 is 0.479 bits per heavy atom. The van der Waals surface area contributed by atoms with Gasteiger partial charge >= 0.3 is 0 Å². The molecule has 0 atom stereocenters. The van der Waals surface area contributed by atoms with Crippen LogP contribution in [0.3, 0.4) is 0 Å². The molecule has 3 aromatic heterocycles. The Morgan fingerprint density at radius 2 is 1.06 bits per heavy atom. The van der Waals surface area contributed by atoms with Gasteiger partial charge in [-0.3, -0.25) is 4.57 Å². The molecule has 0 spiro atoms. The predicted molar refractivity (Wildman–Crippen MR) is 201 cm³/mol. The molecule has 224 valence electrons. The third-order valence-corrected chi connectivity index (χ3v) is 9.83. The molecule has 7 aromatic carbocycles. The summed E-state index contributed by atoms with van der Waals surface area (Å²) in [4.78, 5) is 14.7. The van der Waals surface area contributed by atoms with Gasteiger partial charge in [-0.15, -0.1) is 11.3 Å². The first kappa shape index (κ1) is 18.8. The summed E-state index contributed by atoms with van der Waals surface area (Å²) < 4.78 is 88.5. The molecule has 0 aliphatic rings. The van der Waals surface area contributed by atoms with Gasteiger partial charge in [-0.05, 0) is 28.6 Å². The van der Waals surface area contributed by atoms with Gasteiger partial charge in [0.25, 0.3) is 0 Å². The van der Waals surface area contributed by atoms with Gasteiger partial charge < -0.3 is 0 Å². The van der Waals surface area contributed by atoms with Crippen molar-refractivity contribution in [3.05, 3.63) is 157 Å². The van der Waals surface area contributed by atoms with Gasteiger partial charge in [0.05, 0.1) is 24.7 Å². The standard InChI is InChI=1S/C43H26N4S/c1-3-13-27(14-4-1)28-23-25-30(26-24-28)42-44-41(29-15-5-2-6-16-29)45-43(46-42)47-35-21-11-9-19-33(35)37-31-17-7-8-18-32(31)40-38(39(37)47)34-20-10-12-22-36(34)48-40/h1-26H/i1D,2D,3D,4D,5D,6D,13D,14D,15D,16D. The van der Waals surface area contributed by atoms with Gasteiger partial charge in [0.1, 0.15) is 0 Å². The van der Waals surface area contributed by atoms with Crippen LogP contribution in [0.1, 0.15) is 13.7 Å². The van der Waals surface area contributed by atoms with Crippen molar-refractivity contribution in [1.29, 1.82) is 0 Å². The van der Waals surface area contributed by atoms with Gasteiger partial charge in [0, 0.05) is 47.5 Å². The van der Waals surface area contributed by atoms with Crippen LogP contribution in [0.2, 0.25) is 0 Å². The van der Waals surface area contributed by atoms with Crippen LogP contribution in [0.4, 0.5) is 0 Å². The van der Waals surface area contributed by atoms with Gasteiger partial charge in [-0.25, -0.2) is 4.98 Å². The second-order valence-corrected chi connectivity index (χ2v) is 12.3. The minimum atomic E-state index is -0.544. The number of nitrogens with zero attached hydrogens (tertiary/aromatic N) is 4. The number of hydrogen-bond donors (Lipinski definition) is 0. The fourth-order valence-corrected chi connectivity index (χ4v) is 7.82. The average Bonchev–Trinajstić information content (AvgIpc) is 3.81. The number of hydrogen-bond acceptors (Lipinski definition) is 4. The van der Waals surface area contributed by atoms with Crippen LogP contribution in [-0.2, 0) is 0 Å². The minimum Gasteiger partial charge on any atom is -0.277 e. The highest BCUT2D eigenvalue weighted by molar-refractivity contribution is 7.27. The van der Waals surface area contributed by atoms with Crippen molar-refractivity contribution < 1.29 is 13.7 Å². The molecule has 0 fully saturated rings. The molecule has 0 radical (unpaired) electrons. The molecule has 0 aliphatic heterocycles. The third-order valence-electron chi connectivity index (χ3n) is 8.63. The van der Waals surface area contributed by atoms with E-state index in [1.54, 1.807) is 35.6 Å². The zero-order valence-electron chi connectivity index (χ0n) is 34.9. The van der Waals surface area contributed by atoms with Gasteiger partial charge in [0.15, 0.2) is 11.6 Å². The maximum atomic E-state index is 8.88. The van der Waals surface area contributed by atoms with E-state index in [4.69, 9.17) is 28.7 Å². The molecule has 3 heterocycles. The summed E-state index contributed by atoms with van der Waals surface area (Å²) in [6.45, 7) is 0. The van der Waals surface area contributed by atoms with E-state index in [0.29, 0.717) is 11.1 Å².